The van der Waals surface area contributed by atoms with Crippen LogP contribution in [0.2, 0.25) is 0 Å². The summed E-state index contributed by atoms with van der Waals surface area (Å²) in [6, 6.07) is -0.829. The van der Waals surface area contributed by atoms with Crippen molar-refractivity contribution in [2.24, 2.45) is 70.0 Å². The largest absolute Gasteiger partial charge is 0.454 e. The highest BCUT2D eigenvalue weighted by Crippen LogP contribution is 2.66. The number of ketones is 5. The van der Waals surface area contributed by atoms with Crippen LogP contribution in [0, 0.1) is 70.0 Å². The molecule has 0 bridgehead atoms. The molecule has 0 aromatic heterocycles. The summed E-state index contributed by atoms with van der Waals surface area (Å²) in [5, 5.41) is 0. The number of ether oxygens (including phenoxy) is 1. The van der Waals surface area contributed by atoms with Gasteiger partial charge in [-0.3, -0.25) is 38.4 Å². The number of carbonyl (C=O) groups excluding carboxylic acids is 8. The van der Waals surface area contributed by atoms with E-state index in [9.17, 15) is 38.4 Å². The van der Waals surface area contributed by atoms with Crippen molar-refractivity contribution in [3.8, 4) is 0 Å². The number of hydrogen-bond acceptors (Lipinski definition) is 9. The minimum absolute atomic E-state index is 0.0130. The quantitative estimate of drug-likeness (QED) is 0.145. The van der Waals surface area contributed by atoms with E-state index in [0.29, 0.717) is 62.4 Å². The van der Waals surface area contributed by atoms with Gasteiger partial charge in [-0.1, -0.05) is 157 Å². The molecule has 0 radical (unpaired) electrons. The standard InChI is InChI=1S/C31H49NO5.C29H45NO4/c1-20-12-10-8-6-5-7-9-11-13-23(29(37-21(2)33)25(34)17-16-22-14-15-22)18-26(35)28-27-24(31(27,3)4)19-32(28)30(20)36;1-19-11-9-7-5-4-6-8-10-12-21(27(33)23(31)16-15-20-13-14-20)17-24(32)26-25-22(29(25,2)3)18-30(26)28(19)34/h20,22-24,27-29H,5-19H2,1-4H3;19-22,25-26H,4-18H2,1-3H3/t20-,23+,24-,27-,28+,29?;19-,21+,22-,25-,26+/m00/s1. The van der Waals surface area contributed by atoms with Crippen molar-refractivity contribution in [1.29, 1.82) is 0 Å². The summed E-state index contributed by atoms with van der Waals surface area (Å²) in [4.78, 5) is 110. The van der Waals surface area contributed by atoms with Crippen LogP contribution >= 0.6 is 0 Å². The van der Waals surface area contributed by atoms with E-state index in [0.717, 1.165) is 89.9 Å². The van der Waals surface area contributed by atoms with E-state index in [1.807, 2.05) is 23.6 Å². The van der Waals surface area contributed by atoms with Crippen LogP contribution in [0.3, 0.4) is 0 Å². The Morgan fingerprint density at radius 3 is 1.41 bits per heavy atom. The Labute approximate surface area is 427 Å². The number of carbonyl (C=O) groups is 8. The Balaban J connectivity index is 0.000000209. The second-order valence-electron chi connectivity index (χ2n) is 25.7. The topological polar surface area (TPSA) is 152 Å². The van der Waals surface area contributed by atoms with E-state index in [1.54, 1.807) is 0 Å². The number of fused-ring (bicyclic) bond motifs is 6. The number of hydrogen-bond donors (Lipinski definition) is 0. The number of rotatable bonds is 11. The van der Waals surface area contributed by atoms with Gasteiger partial charge in [0.05, 0.1) is 12.1 Å². The number of esters is 1. The molecular weight excluding hydrogens is 893 g/mol. The van der Waals surface area contributed by atoms with E-state index >= 15 is 0 Å². The smallest absolute Gasteiger partial charge is 0.303 e. The third-order valence-corrected chi connectivity index (χ3v) is 19.5. The Morgan fingerprint density at radius 1 is 0.549 bits per heavy atom. The van der Waals surface area contributed by atoms with Gasteiger partial charge in [-0.15, -0.1) is 0 Å². The van der Waals surface area contributed by atoms with Gasteiger partial charge in [-0.05, 0) is 84.9 Å². The second-order valence-corrected chi connectivity index (χ2v) is 25.7. The van der Waals surface area contributed by atoms with Crippen LogP contribution in [0.15, 0.2) is 0 Å². The molecule has 4 aliphatic heterocycles. The molecule has 4 saturated carbocycles. The molecule has 0 N–H and O–H groups in total. The molecule has 0 aromatic carbocycles. The van der Waals surface area contributed by atoms with E-state index in [-0.39, 0.29) is 94.0 Å². The average Bonchev–Trinajstić information content (AvgIpc) is 4.30. The molecule has 4 aliphatic carbocycles. The minimum atomic E-state index is -0.855. The van der Waals surface area contributed by atoms with Gasteiger partial charge in [-0.25, -0.2) is 0 Å². The predicted molar refractivity (Wildman–Crippen MR) is 275 cm³/mol. The lowest BCUT2D eigenvalue weighted by molar-refractivity contribution is -0.158. The monoisotopic (exact) mass is 987 g/mol. The molecule has 0 aromatic rings. The summed E-state index contributed by atoms with van der Waals surface area (Å²) in [7, 11) is 0. The average molecular weight is 987 g/mol. The van der Waals surface area contributed by atoms with Crippen molar-refractivity contribution in [1.82, 2.24) is 9.80 Å². The number of amides is 2. The molecular formula is C60H94N2O9. The fourth-order valence-electron chi connectivity index (χ4n) is 14.1. The van der Waals surface area contributed by atoms with Crippen molar-refractivity contribution in [3.63, 3.8) is 0 Å². The van der Waals surface area contributed by atoms with Gasteiger partial charge in [0.15, 0.2) is 29.2 Å². The molecule has 71 heavy (non-hydrogen) atoms. The van der Waals surface area contributed by atoms with Crippen LogP contribution in [0.4, 0.5) is 0 Å². The first-order chi connectivity index (χ1) is 33.8. The number of nitrogens with zero attached hydrogens (tertiary/aromatic N) is 2. The number of piperidine rings is 2. The van der Waals surface area contributed by atoms with Crippen molar-refractivity contribution in [2.45, 2.75) is 246 Å². The maximum Gasteiger partial charge on any atom is 0.303 e. The fourth-order valence-corrected chi connectivity index (χ4v) is 14.1. The van der Waals surface area contributed by atoms with Crippen LogP contribution in [-0.4, -0.2) is 87.8 Å². The zero-order valence-electron chi connectivity index (χ0n) is 45.3. The van der Waals surface area contributed by atoms with E-state index in [4.69, 9.17) is 4.74 Å². The summed E-state index contributed by atoms with van der Waals surface area (Å²) >= 11 is 0. The van der Waals surface area contributed by atoms with Gasteiger partial charge in [0, 0.05) is 69.4 Å². The maximum atomic E-state index is 14.0. The first-order valence-electron chi connectivity index (χ1n) is 29.3. The van der Waals surface area contributed by atoms with Crippen LogP contribution in [0.1, 0.15) is 228 Å². The molecule has 4 heterocycles. The van der Waals surface area contributed by atoms with Crippen molar-refractivity contribution >= 4 is 46.7 Å². The van der Waals surface area contributed by atoms with Crippen LogP contribution < -0.4 is 0 Å². The Hall–Kier alpha value is -3.24. The highest BCUT2D eigenvalue weighted by molar-refractivity contribution is 6.38. The molecule has 398 valence electrons. The maximum absolute atomic E-state index is 14.0. The third-order valence-electron chi connectivity index (χ3n) is 19.5. The molecule has 8 fully saturated rings. The molecule has 8 aliphatic rings. The van der Waals surface area contributed by atoms with Gasteiger partial charge in [-0.2, -0.15) is 0 Å². The van der Waals surface area contributed by atoms with Gasteiger partial charge in [0.1, 0.15) is 0 Å². The normalized spacial score (nSPS) is 34.4. The van der Waals surface area contributed by atoms with E-state index in [1.165, 1.54) is 58.3 Å². The van der Waals surface area contributed by atoms with Crippen molar-refractivity contribution in [2.75, 3.05) is 13.1 Å². The van der Waals surface area contributed by atoms with Crippen LogP contribution in [0.25, 0.3) is 0 Å². The van der Waals surface area contributed by atoms with Gasteiger partial charge >= 0.3 is 5.97 Å². The molecule has 4 saturated heterocycles. The van der Waals surface area contributed by atoms with Gasteiger partial charge < -0.3 is 14.5 Å². The predicted octanol–water partition coefficient (Wildman–Crippen LogP) is 11.4. The molecule has 2 amide bonds. The van der Waals surface area contributed by atoms with Gasteiger partial charge in [0.25, 0.3) is 0 Å². The number of Topliss-reactive ketones (excluding diaryl/α,β-unsaturated/α-hetero) is 5. The molecule has 1 unspecified atom stereocenters. The molecule has 11 nitrogen and oxygen atoms in total. The summed E-state index contributed by atoms with van der Waals surface area (Å²) in [5.74, 6) is 0.575. The van der Waals surface area contributed by atoms with Crippen LogP contribution in [0.5, 0.6) is 0 Å². The summed E-state index contributed by atoms with van der Waals surface area (Å²) in [5.41, 5.74) is 0.132. The summed E-state index contributed by atoms with van der Waals surface area (Å²) in [6.07, 6.45) is 25.0. The van der Waals surface area contributed by atoms with Crippen molar-refractivity contribution < 1.29 is 43.1 Å². The summed E-state index contributed by atoms with van der Waals surface area (Å²) in [6.45, 7) is 15.5. The first-order valence-corrected chi connectivity index (χ1v) is 29.3. The fraction of sp³-hybridized carbons (Fsp3) is 0.867. The van der Waals surface area contributed by atoms with E-state index in [2.05, 4.69) is 27.7 Å². The highest BCUT2D eigenvalue weighted by atomic mass is 16.5. The Kier molecular flexibility index (Phi) is 19.1. The van der Waals surface area contributed by atoms with Gasteiger partial charge in [0.2, 0.25) is 17.6 Å². The van der Waals surface area contributed by atoms with E-state index < -0.39 is 30.1 Å². The first kappa shape index (κ1) is 55.5. The third kappa shape index (κ3) is 14.1. The zero-order valence-corrected chi connectivity index (χ0v) is 45.3. The molecule has 11 atom stereocenters. The molecule has 0 spiro atoms. The molecule has 8 rings (SSSR count). The Bertz CT molecular complexity index is 1930. The van der Waals surface area contributed by atoms with Crippen LogP contribution in [-0.2, 0) is 43.1 Å². The molecule has 11 heteroatoms. The summed E-state index contributed by atoms with van der Waals surface area (Å²) < 4.78 is 5.66. The Morgan fingerprint density at radius 2 is 0.958 bits per heavy atom. The second kappa shape index (κ2) is 24.4. The lowest BCUT2D eigenvalue weighted by Crippen LogP contribution is -2.48. The lowest BCUT2D eigenvalue weighted by atomic mass is 9.83. The zero-order chi connectivity index (χ0) is 51.2. The minimum Gasteiger partial charge on any atom is -0.454 e. The van der Waals surface area contributed by atoms with Crippen molar-refractivity contribution in [3.05, 3.63) is 0 Å². The lowest BCUT2D eigenvalue weighted by Gasteiger charge is -2.34. The highest BCUT2D eigenvalue weighted by Gasteiger charge is 2.70. The SMILES string of the molecule is CC(=O)OC(C(=O)CCC1CC1)[C@@H]1CCCCCCCCC[C@H](C)C(=O)N2C[C@H]3[C@@H]([C@H]2C(=O)C1)C3(C)C.C[C@H]1CCCCCCCCC[C@@H](C(=O)C(=O)CCC2CC2)CC(=O)[C@@H]2[C@@H]3[C@H](CN2C1=O)C3(C)C.